The number of aromatic nitrogens is 2. The molecule has 1 fully saturated rings. The molecule has 6 heteroatoms. The predicted molar refractivity (Wildman–Crippen MR) is 83.5 cm³/mol. The molecule has 0 aromatic carbocycles. The molecule has 2 N–H and O–H groups in total. The number of rotatable bonds is 8. The summed E-state index contributed by atoms with van der Waals surface area (Å²) in [5.74, 6) is 2.83. The van der Waals surface area contributed by atoms with Crippen molar-refractivity contribution < 1.29 is 9.84 Å². The third-order valence-electron chi connectivity index (χ3n) is 3.62. The van der Waals surface area contributed by atoms with E-state index in [9.17, 15) is 5.11 Å². The lowest BCUT2D eigenvalue weighted by Crippen LogP contribution is -2.23. The molecule has 1 atom stereocenters. The van der Waals surface area contributed by atoms with Crippen LogP contribution in [0.15, 0.2) is 6.07 Å². The van der Waals surface area contributed by atoms with Crippen molar-refractivity contribution in [2.45, 2.75) is 33.3 Å². The molecule has 1 aromatic rings. The molecule has 0 aliphatic carbocycles. The molecule has 1 saturated heterocycles. The second kappa shape index (κ2) is 8.14. The Hall–Kier alpha value is -1.40. The first-order chi connectivity index (χ1) is 10.3. The minimum absolute atomic E-state index is 0.244. The lowest BCUT2D eigenvalue weighted by molar-refractivity contribution is 0.128. The maximum Gasteiger partial charge on any atom is 0.158 e. The molecular formula is C15H26N4O2. The van der Waals surface area contributed by atoms with Gasteiger partial charge >= 0.3 is 0 Å². The van der Waals surface area contributed by atoms with Crippen molar-refractivity contribution in [3.63, 3.8) is 0 Å². The van der Waals surface area contributed by atoms with Gasteiger partial charge in [-0.1, -0.05) is 6.92 Å². The SMILES string of the molecule is CCCNc1cc(N2CCC(CO)C2)nc(COCC)n1. The average Bonchev–Trinajstić information content (AvgIpc) is 3.00. The lowest BCUT2D eigenvalue weighted by Gasteiger charge is -2.19. The highest BCUT2D eigenvalue weighted by Gasteiger charge is 2.23. The summed E-state index contributed by atoms with van der Waals surface area (Å²) in [5, 5.41) is 12.6. The van der Waals surface area contributed by atoms with Crippen LogP contribution in [0.4, 0.5) is 11.6 Å². The molecule has 21 heavy (non-hydrogen) atoms. The zero-order valence-electron chi connectivity index (χ0n) is 13.0. The summed E-state index contributed by atoms with van der Waals surface area (Å²) in [5.41, 5.74) is 0. The molecule has 118 valence electrons. The van der Waals surface area contributed by atoms with Crippen LogP contribution in [0.3, 0.4) is 0 Å². The van der Waals surface area contributed by atoms with Crippen LogP contribution in [0, 0.1) is 5.92 Å². The number of aliphatic hydroxyl groups excluding tert-OH is 1. The fourth-order valence-electron chi connectivity index (χ4n) is 2.44. The highest BCUT2D eigenvalue weighted by molar-refractivity contribution is 5.50. The Bertz CT molecular complexity index is 415. The predicted octanol–water partition coefficient (Wildman–Crippen LogP) is 1.65. The van der Waals surface area contributed by atoms with Gasteiger partial charge in [-0.3, -0.25) is 0 Å². The van der Waals surface area contributed by atoms with Crippen molar-refractivity contribution in [3.05, 3.63) is 11.9 Å². The molecule has 0 bridgehead atoms. The van der Waals surface area contributed by atoms with Gasteiger partial charge in [0.1, 0.15) is 18.2 Å². The van der Waals surface area contributed by atoms with Gasteiger partial charge in [-0.05, 0) is 19.8 Å². The molecule has 1 aliphatic rings. The van der Waals surface area contributed by atoms with Gasteiger partial charge in [0.25, 0.3) is 0 Å². The van der Waals surface area contributed by atoms with Gasteiger partial charge in [-0.15, -0.1) is 0 Å². The highest BCUT2D eigenvalue weighted by Crippen LogP contribution is 2.24. The molecule has 0 saturated carbocycles. The van der Waals surface area contributed by atoms with Gasteiger partial charge in [0, 0.05) is 44.8 Å². The summed E-state index contributed by atoms with van der Waals surface area (Å²) >= 11 is 0. The lowest BCUT2D eigenvalue weighted by atomic mass is 10.1. The Morgan fingerprint density at radius 2 is 2.29 bits per heavy atom. The smallest absolute Gasteiger partial charge is 0.158 e. The number of aliphatic hydroxyl groups is 1. The fourth-order valence-corrected chi connectivity index (χ4v) is 2.44. The summed E-state index contributed by atoms with van der Waals surface area (Å²) in [6.45, 7) is 8.11. The molecule has 0 radical (unpaired) electrons. The number of anilines is 2. The van der Waals surface area contributed by atoms with Crippen LogP contribution >= 0.6 is 0 Å². The van der Waals surface area contributed by atoms with E-state index < -0.39 is 0 Å². The van der Waals surface area contributed by atoms with Gasteiger partial charge in [-0.2, -0.15) is 0 Å². The largest absolute Gasteiger partial charge is 0.396 e. The van der Waals surface area contributed by atoms with E-state index in [1.165, 1.54) is 0 Å². The summed E-state index contributed by atoms with van der Waals surface area (Å²) in [6.07, 6.45) is 2.06. The van der Waals surface area contributed by atoms with Gasteiger partial charge < -0.3 is 20.1 Å². The molecule has 1 aliphatic heterocycles. The second-order valence-corrected chi connectivity index (χ2v) is 5.37. The zero-order valence-corrected chi connectivity index (χ0v) is 13.0. The minimum Gasteiger partial charge on any atom is -0.396 e. The van der Waals surface area contributed by atoms with Gasteiger partial charge in [-0.25, -0.2) is 9.97 Å². The van der Waals surface area contributed by atoms with Crippen molar-refractivity contribution >= 4 is 11.6 Å². The summed E-state index contributed by atoms with van der Waals surface area (Å²) in [6, 6.07) is 1.99. The maximum absolute atomic E-state index is 9.28. The number of hydrogen-bond donors (Lipinski definition) is 2. The molecule has 1 unspecified atom stereocenters. The summed E-state index contributed by atoms with van der Waals surface area (Å²) in [4.78, 5) is 11.3. The first-order valence-electron chi connectivity index (χ1n) is 7.82. The first-order valence-corrected chi connectivity index (χ1v) is 7.82. The molecular weight excluding hydrogens is 268 g/mol. The van der Waals surface area contributed by atoms with Crippen molar-refractivity contribution in [3.8, 4) is 0 Å². The number of nitrogens with zero attached hydrogens (tertiary/aromatic N) is 3. The molecule has 6 nitrogen and oxygen atoms in total. The quantitative estimate of drug-likeness (QED) is 0.760. The average molecular weight is 294 g/mol. The van der Waals surface area contributed by atoms with Crippen molar-refractivity contribution in [1.29, 1.82) is 0 Å². The van der Waals surface area contributed by atoms with E-state index in [0.717, 1.165) is 44.1 Å². The van der Waals surface area contributed by atoms with Gasteiger partial charge in [0.2, 0.25) is 0 Å². The van der Waals surface area contributed by atoms with Crippen LogP contribution in [-0.2, 0) is 11.3 Å². The number of nitrogens with one attached hydrogen (secondary N) is 1. The van der Waals surface area contributed by atoms with Gasteiger partial charge in [0.15, 0.2) is 5.82 Å². The van der Waals surface area contributed by atoms with E-state index in [1.54, 1.807) is 0 Å². The van der Waals surface area contributed by atoms with Crippen molar-refractivity contribution in [1.82, 2.24) is 9.97 Å². The van der Waals surface area contributed by atoms with Crippen LogP contribution in [-0.4, -0.2) is 47.9 Å². The molecule has 2 heterocycles. The molecule has 0 amide bonds. The van der Waals surface area contributed by atoms with Crippen LogP contribution in [0.25, 0.3) is 0 Å². The highest BCUT2D eigenvalue weighted by atomic mass is 16.5. The van der Waals surface area contributed by atoms with Gasteiger partial charge in [0.05, 0.1) is 0 Å². The van der Waals surface area contributed by atoms with E-state index in [1.807, 2.05) is 13.0 Å². The Labute approximate surface area is 126 Å². The number of ether oxygens (including phenoxy) is 1. The Morgan fingerprint density at radius 1 is 1.43 bits per heavy atom. The summed E-state index contributed by atoms with van der Waals surface area (Å²) < 4.78 is 5.43. The molecule has 1 aromatic heterocycles. The normalized spacial score (nSPS) is 18.2. The maximum atomic E-state index is 9.28. The molecule has 2 rings (SSSR count). The van der Waals surface area contributed by atoms with E-state index >= 15 is 0 Å². The van der Waals surface area contributed by atoms with Crippen molar-refractivity contribution in [2.24, 2.45) is 5.92 Å². The fraction of sp³-hybridized carbons (Fsp3) is 0.733. The third-order valence-corrected chi connectivity index (χ3v) is 3.62. The van der Waals surface area contributed by atoms with Crippen LogP contribution in [0.5, 0.6) is 0 Å². The van der Waals surface area contributed by atoms with E-state index in [2.05, 4.69) is 27.1 Å². The topological polar surface area (TPSA) is 70.5 Å². The van der Waals surface area contributed by atoms with Crippen LogP contribution in [0.1, 0.15) is 32.5 Å². The number of hydrogen-bond acceptors (Lipinski definition) is 6. The molecule has 0 spiro atoms. The van der Waals surface area contributed by atoms with Crippen molar-refractivity contribution in [2.75, 3.05) is 43.1 Å². The Balaban J connectivity index is 2.14. The summed E-state index contributed by atoms with van der Waals surface area (Å²) in [7, 11) is 0. The third kappa shape index (κ3) is 4.54. The Kier molecular flexibility index (Phi) is 6.20. The zero-order chi connectivity index (χ0) is 15.1. The van der Waals surface area contributed by atoms with E-state index in [4.69, 9.17) is 4.74 Å². The Morgan fingerprint density at radius 3 is 2.95 bits per heavy atom. The van der Waals surface area contributed by atoms with E-state index in [-0.39, 0.29) is 6.61 Å². The standard InChI is InChI=1S/C15H26N4O2/c1-3-6-16-13-8-15(18-14(17-13)11-21-4-2)19-7-5-12(9-19)10-20/h8,12,20H,3-7,9-11H2,1-2H3,(H,16,17,18). The van der Waals surface area contributed by atoms with E-state index in [0.29, 0.717) is 25.0 Å². The monoisotopic (exact) mass is 294 g/mol. The first kappa shape index (κ1) is 16.0. The second-order valence-electron chi connectivity index (χ2n) is 5.37. The minimum atomic E-state index is 0.244. The van der Waals surface area contributed by atoms with Crippen LogP contribution in [0.2, 0.25) is 0 Å². The van der Waals surface area contributed by atoms with Crippen LogP contribution < -0.4 is 10.2 Å².